The molecule has 0 fully saturated rings. The fourth-order valence-electron chi connectivity index (χ4n) is 1.22. The second kappa shape index (κ2) is 6.86. The average molecular weight is 291 g/mol. The molecule has 0 aliphatic carbocycles. The minimum atomic E-state index is -0.281. The Hall–Kier alpha value is -0.610. The molecule has 0 bridgehead atoms. The summed E-state index contributed by atoms with van der Waals surface area (Å²) in [5.41, 5.74) is 0.861. The lowest BCUT2D eigenvalue weighted by Gasteiger charge is -2.10. The number of benzene rings is 1. The number of hydrogen-bond acceptors (Lipinski definition) is 2. The van der Waals surface area contributed by atoms with Crippen LogP contribution >= 0.6 is 15.9 Å². The molecule has 0 aliphatic heterocycles. The highest BCUT2D eigenvalue weighted by Gasteiger charge is 2.01. The van der Waals surface area contributed by atoms with E-state index in [0.29, 0.717) is 24.3 Å². The topological polar surface area (TPSA) is 18.5 Å². The molecular weight excluding hydrogens is 275 g/mol. The number of alkyl halides is 1. The zero-order chi connectivity index (χ0) is 12.0. The molecule has 16 heavy (non-hydrogen) atoms. The molecule has 0 radical (unpaired) electrons. The highest BCUT2D eigenvalue weighted by Crippen LogP contribution is 2.18. The summed E-state index contributed by atoms with van der Waals surface area (Å²) in [6.45, 7) is 4.87. The summed E-state index contributed by atoms with van der Waals surface area (Å²) in [5.74, 6) is 0.263. The largest absolute Gasteiger partial charge is 0.491 e. The lowest BCUT2D eigenvalue weighted by Crippen LogP contribution is -2.11. The van der Waals surface area contributed by atoms with Crippen molar-refractivity contribution in [1.29, 1.82) is 0 Å². The van der Waals surface area contributed by atoms with Crippen LogP contribution in [0.15, 0.2) is 18.2 Å². The predicted molar refractivity (Wildman–Crippen MR) is 65.6 cm³/mol. The molecule has 0 atom stereocenters. The van der Waals surface area contributed by atoms with E-state index >= 15 is 0 Å². The van der Waals surface area contributed by atoms with Crippen LogP contribution in [0.2, 0.25) is 0 Å². The highest BCUT2D eigenvalue weighted by molar-refractivity contribution is 9.08. The molecular formula is C12H16BrFO2. The number of halogens is 2. The molecule has 90 valence electrons. The molecule has 0 amide bonds. The van der Waals surface area contributed by atoms with E-state index in [1.54, 1.807) is 0 Å². The second-order valence-electron chi connectivity index (χ2n) is 3.70. The van der Waals surface area contributed by atoms with Crippen LogP contribution in [0, 0.1) is 5.82 Å². The molecule has 1 aromatic rings. The molecule has 0 aliphatic rings. The lowest BCUT2D eigenvalue weighted by molar-refractivity contribution is 0.0552. The minimum absolute atomic E-state index is 0.189. The normalized spacial score (nSPS) is 10.8. The summed E-state index contributed by atoms with van der Waals surface area (Å²) in [6, 6.07) is 4.67. The Kier molecular flexibility index (Phi) is 5.77. The van der Waals surface area contributed by atoms with Gasteiger partial charge in [0, 0.05) is 11.4 Å². The molecule has 0 aromatic heterocycles. The first-order valence-electron chi connectivity index (χ1n) is 5.21. The standard InChI is InChI=1S/C12H16BrFO2/c1-9(2)15-3-4-16-12-6-10(8-13)5-11(14)7-12/h5-7,9H,3-4,8H2,1-2H3. The van der Waals surface area contributed by atoms with E-state index in [1.165, 1.54) is 12.1 Å². The van der Waals surface area contributed by atoms with Crippen LogP contribution in [0.25, 0.3) is 0 Å². The Bertz CT molecular complexity index is 329. The van der Waals surface area contributed by atoms with Crippen molar-refractivity contribution >= 4 is 15.9 Å². The van der Waals surface area contributed by atoms with E-state index in [0.717, 1.165) is 5.56 Å². The third kappa shape index (κ3) is 4.94. The van der Waals surface area contributed by atoms with Crippen molar-refractivity contribution in [1.82, 2.24) is 0 Å². The van der Waals surface area contributed by atoms with Crippen molar-refractivity contribution in [2.75, 3.05) is 13.2 Å². The number of hydrogen-bond donors (Lipinski definition) is 0. The fraction of sp³-hybridized carbons (Fsp3) is 0.500. The van der Waals surface area contributed by atoms with E-state index in [-0.39, 0.29) is 11.9 Å². The third-order valence-corrected chi connectivity index (χ3v) is 2.54. The zero-order valence-electron chi connectivity index (χ0n) is 9.50. The Morgan fingerprint density at radius 3 is 2.62 bits per heavy atom. The molecule has 0 spiro atoms. The van der Waals surface area contributed by atoms with Gasteiger partial charge in [-0.15, -0.1) is 0 Å². The highest BCUT2D eigenvalue weighted by atomic mass is 79.9. The minimum Gasteiger partial charge on any atom is -0.491 e. The second-order valence-corrected chi connectivity index (χ2v) is 4.26. The smallest absolute Gasteiger partial charge is 0.127 e. The quantitative estimate of drug-likeness (QED) is 0.589. The first kappa shape index (κ1) is 13.5. The van der Waals surface area contributed by atoms with Crippen LogP contribution in [-0.2, 0) is 10.1 Å². The van der Waals surface area contributed by atoms with E-state index in [9.17, 15) is 4.39 Å². The maximum absolute atomic E-state index is 13.1. The Morgan fingerprint density at radius 1 is 1.25 bits per heavy atom. The van der Waals surface area contributed by atoms with E-state index in [2.05, 4.69) is 15.9 Å². The van der Waals surface area contributed by atoms with E-state index in [4.69, 9.17) is 9.47 Å². The van der Waals surface area contributed by atoms with Gasteiger partial charge in [-0.25, -0.2) is 4.39 Å². The van der Waals surface area contributed by atoms with Crippen LogP contribution in [0.3, 0.4) is 0 Å². The van der Waals surface area contributed by atoms with Crippen molar-refractivity contribution in [3.05, 3.63) is 29.6 Å². The van der Waals surface area contributed by atoms with Gasteiger partial charge in [-0.05, 0) is 31.5 Å². The number of rotatable bonds is 6. The predicted octanol–water partition coefficient (Wildman–Crippen LogP) is 3.52. The summed E-state index contributed by atoms with van der Waals surface area (Å²) < 4.78 is 23.8. The molecule has 0 heterocycles. The van der Waals surface area contributed by atoms with Gasteiger partial charge in [0.25, 0.3) is 0 Å². The van der Waals surface area contributed by atoms with Crippen molar-refractivity contribution in [2.45, 2.75) is 25.3 Å². The van der Waals surface area contributed by atoms with Gasteiger partial charge in [-0.2, -0.15) is 0 Å². The van der Waals surface area contributed by atoms with Gasteiger partial charge in [0.05, 0.1) is 12.7 Å². The fourth-order valence-corrected chi connectivity index (χ4v) is 1.55. The summed E-state index contributed by atoms with van der Waals surface area (Å²) in [4.78, 5) is 0. The lowest BCUT2D eigenvalue weighted by atomic mass is 10.2. The van der Waals surface area contributed by atoms with Gasteiger partial charge < -0.3 is 9.47 Å². The summed E-state index contributed by atoms with van der Waals surface area (Å²) >= 11 is 3.28. The van der Waals surface area contributed by atoms with Crippen molar-refractivity contribution in [2.24, 2.45) is 0 Å². The third-order valence-electron chi connectivity index (χ3n) is 1.89. The van der Waals surface area contributed by atoms with E-state index in [1.807, 2.05) is 19.9 Å². The molecule has 0 unspecified atom stereocenters. The van der Waals surface area contributed by atoms with Crippen LogP contribution < -0.4 is 4.74 Å². The van der Waals surface area contributed by atoms with Crippen LogP contribution in [0.4, 0.5) is 4.39 Å². The van der Waals surface area contributed by atoms with Gasteiger partial charge in [0.2, 0.25) is 0 Å². The van der Waals surface area contributed by atoms with Crippen molar-refractivity contribution in [3.63, 3.8) is 0 Å². The van der Waals surface area contributed by atoms with Gasteiger partial charge >= 0.3 is 0 Å². The first-order chi connectivity index (χ1) is 7.61. The van der Waals surface area contributed by atoms with Crippen molar-refractivity contribution in [3.8, 4) is 5.75 Å². The summed E-state index contributed by atoms with van der Waals surface area (Å²) in [5, 5.41) is 0.615. The molecule has 1 aromatic carbocycles. The van der Waals surface area contributed by atoms with Crippen LogP contribution in [0.1, 0.15) is 19.4 Å². The van der Waals surface area contributed by atoms with Gasteiger partial charge in [-0.1, -0.05) is 15.9 Å². The summed E-state index contributed by atoms with van der Waals surface area (Å²) in [7, 11) is 0. The maximum atomic E-state index is 13.1. The number of ether oxygens (including phenoxy) is 2. The Balaban J connectivity index is 2.44. The Morgan fingerprint density at radius 2 is 2.00 bits per heavy atom. The Labute approximate surface area is 104 Å². The van der Waals surface area contributed by atoms with Gasteiger partial charge in [0.1, 0.15) is 18.2 Å². The maximum Gasteiger partial charge on any atom is 0.127 e. The first-order valence-corrected chi connectivity index (χ1v) is 6.34. The van der Waals surface area contributed by atoms with Gasteiger partial charge in [0.15, 0.2) is 0 Å². The summed E-state index contributed by atoms with van der Waals surface area (Å²) in [6.07, 6.45) is 0.189. The van der Waals surface area contributed by atoms with Crippen LogP contribution in [-0.4, -0.2) is 19.3 Å². The monoisotopic (exact) mass is 290 g/mol. The molecule has 1 rings (SSSR count). The molecule has 0 N–H and O–H groups in total. The molecule has 0 saturated heterocycles. The molecule has 2 nitrogen and oxygen atoms in total. The molecule has 0 saturated carbocycles. The van der Waals surface area contributed by atoms with Crippen molar-refractivity contribution < 1.29 is 13.9 Å². The molecule has 4 heteroatoms. The average Bonchev–Trinajstić information content (AvgIpc) is 2.23. The van der Waals surface area contributed by atoms with Gasteiger partial charge in [-0.3, -0.25) is 0 Å². The SMILES string of the molecule is CC(C)OCCOc1cc(F)cc(CBr)c1. The zero-order valence-corrected chi connectivity index (χ0v) is 11.1. The van der Waals surface area contributed by atoms with E-state index < -0.39 is 0 Å². The van der Waals surface area contributed by atoms with Crippen LogP contribution in [0.5, 0.6) is 5.75 Å².